The highest BCUT2D eigenvalue weighted by Crippen LogP contribution is 2.59. The first-order valence-electron chi connectivity index (χ1n) is 9.03. The van der Waals surface area contributed by atoms with Crippen LogP contribution >= 0.6 is 15.9 Å². The van der Waals surface area contributed by atoms with Crippen molar-refractivity contribution in [2.45, 2.75) is 55.3 Å². The third-order valence-electron chi connectivity index (χ3n) is 5.57. The van der Waals surface area contributed by atoms with E-state index in [1.807, 2.05) is 13.8 Å². The summed E-state index contributed by atoms with van der Waals surface area (Å²) in [5.41, 5.74) is -1.01. The summed E-state index contributed by atoms with van der Waals surface area (Å²) < 4.78 is 6.23. The molecule has 0 aromatic carbocycles. The maximum absolute atomic E-state index is 13.2. The number of aliphatic hydroxyl groups is 1. The van der Waals surface area contributed by atoms with E-state index >= 15 is 0 Å². The van der Waals surface area contributed by atoms with Gasteiger partial charge < -0.3 is 25.4 Å². The van der Waals surface area contributed by atoms with Gasteiger partial charge in [-0.05, 0) is 26.7 Å². The lowest BCUT2D eigenvalue weighted by molar-refractivity contribution is -0.142. The number of nitrogens with zero attached hydrogens (tertiary/aromatic N) is 1. The molecule has 0 aromatic heterocycles. The fourth-order valence-corrected chi connectivity index (χ4v) is 5.68. The molecule has 6 atom stereocenters. The summed E-state index contributed by atoms with van der Waals surface area (Å²) in [4.78, 5) is 40.1. The van der Waals surface area contributed by atoms with Gasteiger partial charge in [0.1, 0.15) is 11.6 Å². The highest BCUT2D eigenvalue weighted by Gasteiger charge is 2.76. The van der Waals surface area contributed by atoms with E-state index in [-0.39, 0.29) is 41.7 Å². The first kappa shape index (κ1) is 19.6. The molecule has 3 rings (SSSR count). The van der Waals surface area contributed by atoms with Crippen LogP contribution in [0.25, 0.3) is 0 Å². The highest BCUT2D eigenvalue weighted by atomic mass is 79.9. The second-order valence-corrected chi connectivity index (χ2v) is 8.73. The normalized spacial score (nSPS) is 38.0. The molecule has 0 aromatic rings. The summed E-state index contributed by atoms with van der Waals surface area (Å²) >= 11 is 3.58. The number of nitrogens with one attached hydrogen (secondary N) is 2. The minimum Gasteiger partial charge on any atom is -0.396 e. The summed E-state index contributed by atoms with van der Waals surface area (Å²) in [5.74, 6) is -2.06. The summed E-state index contributed by atoms with van der Waals surface area (Å²) in [6.45, 7) is 3.89. The maximum Gasteiger partial charge on any atom is 0.246 e. The van der Waals surface area contributed by atoms with E-state index in [1.54, 1.807) is 0 Å². The largest absolute Gasteiger partial charge is 0.396 e. The molecule has 1 spiro atoms. The molecule has 3 unspecified atom stereocenters. The van der Waals surface area contributed by atoms with E-state index in [1.165, 1.54) is 11.9 Å². The minimum absolute atomic E-state index is 0.0800. The Morgan fingerprint density at radius 3 is 2.69 bits per heavy atom. The number of carbonyl (C=O) groups is 3. The Bertz CT molecular complexity index is 615. The molecule has 3 fully saturated rings. The average Bonchev–Trinajstić information content (AvgIpc) is 3.15. The minimum atomic E-state index is -1.01. The first-order valence-corrected chi connectivity index (χ1v) is 9.95. The van der Waals surface area contributed by atoms with Crippen molar-refractivity contribution in [2.24, 2.45) is 11.8 Å². The van der Waals surface area contributed by atoms with E-state index in [0.29, 0.717) is 12.8 Å². The van der Waals surface area contributed by atoms with Crippen molar-refractivity contribution in [3.63, 3.8) is 0 Å². The number of hydrogen-bond acceptors (Lipinski definition) is 5. The molecule has 146 valence electrons. The lowest BCUT2D eigenvalue weighted by Gasteiger charge is -2.34. The van der Waals surface area contributed by atoms with Gasteiger partial charge in [-0.15, -0.1) is 0 Å². The summed E-state index contributed by atoms with van der Waals surface area (Å²) in [6.07, 6.45) is 0.428. The Hall–Kier alpha value is -1.19. The van der Waals surface area contributed by atoms with Crippen LogP contribution in [0.5, 0.6) is 0 Å². The molecule has 3 N–H and O–H groups in total. The molecule has 0 aliphatic carbocycles. The fraction of sp³-hybridized carbons (Fsp3) is 0.824. The monoisotopic (exact) mass is 431 g/mol. The molecule has 3 saturated heterocycles. The van der Waals surface area contributed by atoms with E-state index in [2.05, 4.69) is 26.6 Å². The smallest absolute Gasteiger partial charge is 0.246 e. The highest BCUT2D eigenvalue weighted by molar-refractivity contribution is 9.09. The zero-order valence-electron chi connectivity index (χ0n) is 15.2. The number of likely N-dealkylation sites (tertiary alicyclic amines) is 1. The molecular formula is C17H26BrN3O5. The second kappa shape index (κ2) is 7.09. The zero-order chi connectivity index (χ0) is 19.2. The van der Waals surface area contributed by atoms with Crippen LogP contribution in [0.3, 0.4) is 0 Å². The first-order chi connectivity index (χ1) is 12.3. The van der Waals surface area contributed by atoms with Crippen LogP contribution in [-0.2, 0) is 19.1 Å². The topological polar surface area (TPSA) is 108 Å². The summed E-state index contributed by atoms with van der Waals surface area (Å²) in [5, 5.41) is 14.7. The van der Waals surface area contributed by atoms with Gasteiger partial charge in [0.15, 0.2) is 0 Å². The molecule has 2 bridgehead atoms. The number of halogens is 1. The predicted molar refractivity (Wildman–Crippen MR) is 96.5 cm³/mol. The molecule has 9 heteroatoms. The molecule has 3 aliphatic rings. The number of rotatable bonds is 6. The van der Waals surface area contributed by atoms with E-state index in [4.69, 9.17) is 4.74 Å². The molecule has 3 heterocycles. The van der Waals surface area contributed by atoms with Gasteiger partial charge in [-0.2, -0.15) is 0 Å². The van der Waals surface area contributed by atoms with E-state index in [9.17, 15) is 19.5 Å². The summed E-state index contributed by atoms with van der Waals surface area (Å²) in [7, 11) is 1.54. The standard InChI is InChI=1S/C17H26BrN3O5/c1-8(2)20-15(24)13-17-7-9(18)12(26-17)10(14(23)19-3)11(17)16(25)21(13)5-4-6-22/h8-13,22H,4-7H2,1-3H3,(H,19,23)(H,20,24)/t9?,10-,11+,12-,13?,17?/m1/s1. The van der Waals surface area contributed by atoms with Crippen molar-refractivity contribution in [1.29, 1.82) is 0 Å². The van der Waals surface area contributed by atoms with Crippen LogP contribution in [0, 0.1) is 11.8 Å². The molecule has 0 radical (unpaired) electrons. The number of amides is 3. The maximum atomic E-state index is 13.2. The van der Waals surface area contributed by atoms with Gasteiger partial charge in [0.2, 0.25) is 17.7 Å². The van der Waals surface area contributed by atoms with Crippen LogP contribution in [-0.4, -0.2) is 76.5 Å². The Balaban J connectivity index is 2.02. The number of aliphatic hydroxyl groups excluding tert-OH is 1. The number of hydrogen-bond donors (Lipinski definition) is 3. The predicted octanol–water partition coefficient (Wildman–Crippen LogP) is -0.613. The molecular weight excluding hydrogens is 406 g/mol. The third-order valence-corrected chi connectivity index (χ3v) is 6.42. The van der Waals surface area contributed by atoms with Crippen LogP contribution in [0.1, 0.15) is 26.7 Å². The van der Waals surface area contributed by atoms with Crippen LogP contribution in [0.2, 0.25) is 0 Å². The van der Waals surface area contributed by atoms with Gasteiger partial charge in [0.05, 0.1) is 17.9 Å². The van der Waals surface area contributed by atoms with E-state index in [0.717, 1.165) is 0 Å². The van der Waals surface area contributed by atoms with Crippen molar-refractivity contribution < 1.29 is 24.2 Å². The van der Waals surface area contributed by atoms with Crippen LogP contribution in [0.15, 0.2) is 0 Å². The molecule has 3 amide bonds. The molecule has 0 saturated carbocycles. The molecule has 26 heavy (non-hydrogen) atoms. The van der Waals surface area contributed by atoms with E-state index < -0.39 is 29.6 Å². The SMILES string of the molecule is CNC(=O)[C@H]1[C@@H]2OC3(CC2Br)C(C(=O)NC(C)C)N(CCCO)C(=O)[C@H]13. The summed E-state index contributed by atoms with van der Waals surface area (Å²) in [6, 6.07) is -0.880. The van der Waals surface area contributed by atoms with Crippen molar-refractivity contribution >= 4 is 33.7 Å². The lowest BCUT2D eigenvalue weighted by Crippen LogP contribution is -2.57. The van der Waals surface area contributed by atoms with Crippen molar-refractivity contribution in [3.8, 4) is 0 Å². The second-order valence-electron chi connectivity index (χ2n) is 7.55. The van der Waals surface area contributed by atoms with Gasteiger partial charge in [-0.1, -0.05) is 15.9 Å². The number of fused-ring (bicyclic) bond motifs is 1. The Morgan fingerprint density at radius 1 is 1.42 bits per heavy atom. The van der Waals surface area contributed by atoms with Crippen LogP contribution < -0.4 is 10.6 Å². The molecule has 3 aliphatic heterocycles. The third kappa shape index (κ3) is 2.75. The van der Waals surface area contributed by atoms with Crippen LogP contribution in [0.4, 0.5) is 0 Å². The number of carbonyl (C=O) groups excluding carboxylic acids is 3. The van der Waals surface area contributed by atoms with Gasteiger partial charge in [0.25, 0.3) is 0 Å². The van der Waals surface area contributed by atoms with Gasteiger partial charge >= 0.3 is 0 Å². The number of alkyl halides is 1. The van der Waals surface area contributed by atoms with Gasteiger partial charge in [-0.3, -0.25) is 14.4 Å². The number of ether oxygens (including phenoxy) is 1. The zero-order valence-corrected chi connectivity index (χ0v) is 16.8. The molecule has 8 nitrogen and oxygen atoms in total. The van der Waals surface area contributed by atoms with Crippen molar-refractivity contribution in [3.05, 3.63) is 0 Å². The van der Waals surface area contributed by atoms with Crippen molar-refractivity contribution in [1.82, 2.24) is 15.5 Å². The fourth-order valence-electron chi connectivity index (χ4n) is 4.74. The van der Waals surface area contributed by atoms with Gasteiger partial charge in [0, 0.05) is 31.1 Å². The Morgan fingerprint density at radius 2 is 2.12 bits per heavy atom. The van der Waals surface area contributed by atoms with Gasteiger partial charge in [-0.25, -0.2) is 0 Å². The Labute approximate surface area is 161 Å². The van der Waals surface area contributed by atoms with Crippen molar-refractivity contribution in [2.75, 3.05) is 20.2 Å². The average molecular weight is 432 g/mol. The quantitative estimate of drug-likeness (QED) is 0.486. The lowest BCUT2D eigenvalue weighted by atomic mass is 9.70. The Kier molecular flexibility index (Phi) is 5.33.